The molecule has 0 aliphatic heterocycles. The van der Waals surface area contributed by atoms with Gasteiger partial charge in [-0.2, -0.15) is 0 Å². The van der Waals surface area contributed by atoms with E-state index in [4.69, 9.17) is 5.11 Å². The van der Waals surface area contributed by atoms with Crippen LogP contribution in [0.2, 0.25) is 0 Å². The third kappa shape index (κ3) is 2.60. The van der Waals surface area contributed by atoms with Crippen LogP contribution in [0.25, 0.3) is 0 Å². The van der Waals surface area contributed by atoms with Crippen LogP contribution in [0.1, 0.15) is 23.8 Å². The van der Waals surface area contributed by atoms with Crippen molar-refractivity contribution in [1.82, 2.24) is 9.88 Å². The molecular formula is C10H16N2O2. The standard InChI is InChI=1S/C10H16N2O2/c1-8(5-7-13)11-10(14)9-4-3-6-12(9)2/h3-4,6,8,13H,5,7H2,1-2H3,(H,11,14). The summed E-state index contributed by atoms with van der Waals surface area (Å²) in [6.07, 6.45) is 2.40. The molecule has 1 unspecified atom stereocenters. The molecule has 78 valence electrons. The molecule has 0 bridgehead atoms. The first-order valence-corrected chi connectivity index (χ1v) is 4.68. The van der Waals surface area contributed by atoms with Crippen molar-refractivity contribution in [2.24, 2.45) is 7.05 Å². The van der Waals surface area contributed by atoms with E-state index in [1.54, 1.807) is 10.6 Å². The molecule has 1 atom stereocenters. The molecule has 1 heterocycles. The van der Waals surface area contributed by atoms with Gasteiger partial charge in [0.15, 0.2) is 0 Å². The molecule has 0 aliphatic carbocycles. The smallest absolute Gasteiger partial charge is 0.268 e. The van der Waals surface area contributed by atoms with Crippen LogP contribution < -0.4 is 5.32 Å². The molecule has 1 rings (SSSR count). The number of hydrogen-bond donors (Lipinski definition) is 2. The van der Waals surface area contributed by atoms with Crippen molar-refractivity contribution in [1.29, 1.82) is 0 Å². The maximum absolute atomic E-state index is 11.6. The number of hydrogen-bond acceptors (Lipinski definition) is 2. The van der Waals surface area contributed by atoms with Crippen LogP contribution in [-0.4, -0.2) is 28.2 Å². The van der Waals surface area contributed by atoms with E-state index in [0.717, 1.165) is 0 Å². The summed E-state index contributed by atoms with van der Waals surface area (Å²) in [5.74, 6) is -0.0987. The van der Waals surface area contributed by atoms with Gasteiger partial charge in [-0.15, -0.1) is 0 Å². The monoisotopic (exact) mass is 196 g/mol. The van der Waals surface area contributed by atoms with Gasteiger partial charge in [-0.25, -0.2) is 0 Å². The Hall–Kier alpha value is -1.29. The highest BCUT2D eigenvalue weighted by Crippen LogP contribution is 2.00. The van der Waals surface area contributed by atoms with E-state index >= 15 is 0 Å². The van der Waals surface area contributed by atoms with Crippen LogP contribution in [0.3, 0.4) is 0 Å². The summed E-state index contributed by atoms with van der Waals surface area (Å²) in [7, 11) is 1.83. The summed E-state index contributed by atoms with van der Waals surface area (Å²) in [6.45, 7) is 1.96. The maximum Gasteiger partial charge on any atom is 0.268 e. The van der Waals surface area contributed by atoms with E-state index in [2.05, 4.69) is 5.32 Å². The van der Waals surface area contributed by atoms with Crippen molar-refractivity contribution < 1.29 is 9.90 Å². The summed E-state index contributed by atoms with van der Waals surface area (Å²) < 4.78 is 1.76. The fourth-order valence-electron chi connectivity index (χ4n) is 1.26. The number of aliphatic hydroxyl groups excluding tert-OH is 1. The van der Waals surface area contributed by atoms with Crippen molar-refractivity contribution in [2.45, 2.75) is 19.4 Å². The molecule has 4 nitrogen and oxygen atoms in total. The molecule has 1 amide bonds. The van der Waals surface area contributed by atoms with E-state index < -0.39 is 0 Å². The molecule has 2 N–H and O–H groups in total. The predicted molar refractivity (Wildman–Crippen MR) is 54.0 cm³/mol. The van der Waals surface area contributed by atoms with Crippen molar-refractivity contribution >= 4 is 5.91 Å². The van der Waals surface area contributed by atoms with E-state index in [9.17, 15) is 4.79 Å². The molecule has 4 heteroatoms. The van der Waals surface area contributed by atoms with E-state index in [-0.39, 0.29) is 18.6 Å². The molecule has 0 saturated carbocycles. The third-order valence-corrected chi connectivity index (χ3v) is 2.12. The quantitative estimate of drug-likeness (QED) is 0.738. The van der Waals surface area contributed by atoms with Crippen LogP contribution in [-0.2, 0) is 7.05 Å². The molecule has 14 heavy (non-hydrogen) atoms. The minimum Gasteiger partial charge on any atom is -0.396 e. The summed E-state index contributed by atoms with van der Waals surface area (Å²) in [5.41, 5.74) is 0.634. The molecule has 1 aromatic rings. The first-order chi connectivity index (χ1) is 6.65. The Balaban J connectivity index is 2.55. The van der Waals surface area contributed by atoms with Gasteiger partial charge in [-0.05, 0) is 25.5 Å². The van der Waals surface area contributed by atoms with Gasteiger partial charge in [0.05, 0.1) is 0 Å². The van der Waals surface area contributed by atoms with Gasteiger partial charge in [0, 0.05) is 25.9 Å². The minimum atomic E-state index is -0.0987. The Morgan fingerprint density at radius 2 is 2.43 bits per heavy atom. The number of aromatic nitrogens is 1. The van der Waals surface area contributed by atoms with Gasteiger partial charge in [0.25, 0.3) is 5.91 Å². The van der Waals surface area contributed by atoms with E-state index in [0.29, 0.717) is 12.1 Å². The largest absolute Gasteiger partial charge is 0.396 e. The van der Waals surface area contributed by atoms with Crippen molar-refractivity contribution in [2.75, 3.05) is 6.61 Å². The summed E-state index contributed by atoms with van der Waals surface area (Å²) in [6, 6.07) is 3.59. The topological polar surface area (TPSA) is 54.3 Å². The number of nitrogens with one attached hydrogen (secondary N) is 1. The van der Waals surface area contributed by atoms with Gasteiger partial charge in [0.1, 0.15) is 5.69 Å². The fraction of sp³-hybridized carbons (Fsp3) is 0.500. The van der Waals surface area contributed by atoms with Crippen LogP contribution in [0.15, 0.2) is 18.3 Å². The number of aryl methyl sites for hydroxylation is 1. The van der Waals surface area contributed by atoms with Crippen LogP contribution in [0, 0.1) is 0 Å². The fourth-order valence-corrected chi connectivity index (χ4v) is 1.26. The second kappa shape index (κ2) is 4.81. The Morgan fingerprint density at radius 3 is 2.93 bits per heavy atom. The molecule has 0 radical (unpaired) electrons. The highest BCUT2D eigenvalue weighted by atomic mass is 16.3. The number of aliphatic hydroxyl groups is 1. The summed E-state index contributed by atoms with van der Waals surface area (Å²) in [5, 5.41) is 11.5. The van der Waals surface area contributed by atoms with Gasteiger partial charge < -0.3 is 15.0 Å². The summed E-state index contributed by atoms with van der Waals surface area (Å²) >= 11 is 0. The normalized spacial score (nSPS) is 12.5. The Labute approximate surface area is 83.5 Å². The SMILES string of the molecule is CC(CCO)NC(=O)c1cccn1C. The van der Waals surface area contributed by atoms with Crippen LogP contribution >= 0.6 is 0 Å². The lowest BCUT2D eigenvalue weighted by Gasteiger charge is -2.12. The maximum atomic E-state index is 11.6. The molecule has 0 saturated heterocycles. The van der Waals surface area contributed by atoms with Gasteiger partial charge in [0.2, 0.25) is 0 Å². The van der Waals surface area contributed by atoms with Gasteiger partial charge >= 0.3 is 0 Å². The zero-order chi connectivity index (χ0) is 10.6. The van der Waals surface area contributed by atoms with Gasteiger partial charge in [-0.1, -0.05) is 0 Å². The molecular weight excluding hydrogens is 180 g/mol. The molecule has 0 spiro atoms. The number of nitrogens with zero attached hydrogens (tertiary/aromatic N) is 1. The number of amides is 1. The highest BCUT2D eigenvalue weighted by molar-refractivity contribution is 5.92. The Kier molecular flexibility index (Phi) is 3.71. The van der Waals surface area contributed by atoms with Crippen LogP contribution in [0.5, 0.6) is 0 Å². The third-order valence-electron chi connectivity index (χ3n) is 2.12. The molecule has 0 aliphatic rings. The second-order valence-electron chi connectivity index (χ2n) is 3.39. The number of rotatable bonds is 4. The minimum absolute atomic E-state index is 0.00222. The number of carbonyl (C=O) groups excluding carboxylic acids is 1. The van der Waals surface area contributed by atoms with Gasteiger partial charge in [-0.3, -0.25) is 4.79 Å². The molecule has 0 fully saturated rings. The highest BCUT2D eigenvalue weighted by Gasteiger charge is 2.11. The van der Waals surface area contributed by atoms with Crippen molar-refractivity contribution in [3.63, 3.8) is 0 Å². The van der Waals surface area contributed by atoms with E-state index in [1.807, 2.05) is 26.2 Å². The summed E-state index contributed by atoms with van der Waals surface area (Å²) in [4.78, 5) is 11.6. The Bertz CT molecular complexity index is 307. The van der Waals surface area contributed by atoms with Crippen molar-refractivity contribution in [3.8, 4) is 0 Å². The first-order valence-electron chi connectivity index (χ1n) is 4.68. The predicted octanol–water partition coefficient (Wildman–Crippen LogP) is 0.526. The lowest BCUT2D eigenvalue weighted by atomic mass is 10.2. The average molecular weight is 196 g/mol. The zero-order valence-electron chi connectivity index (χ0n) is 8.53. The zero-order valence-corrected chi connectivity index (χ0v) is 8.53. The molecule has 1 aromatic heterocycles. The number of carbonyl (C=O) groups is 1. The van der Waals surface area contributed by atoms with E-state index in [1.165, 1.54) is 0 Å². The Morgan fingerprint density at radius 1 is 1.71 bits per heavy atom. The average Bonchev–Trinajstić information content (AvgIpc) is 2.51. The second-order valence-corrected chi connectivity index (χ2v) is 3.39. The van der Waals surface area contributed by atoms with Crippen LogP contribution in [0.4, 0.5) is 0 Å². The first kappa shape index (κ1) is 10.8. The molecule has 0 aromatic carbocycles. The lowest BCUT2D eigenvalue weighted by molar-refractivity contribution is 0.0926. The lowest BCUT2D eigenvalue weighted by Crippen LogP contribution is -2.34. The van der Waals surface area contributed by atoms with Crippen molar-refractivity contribution in [3.05, 3.63) is 24.0 Å².